The lowest BCUT2D eigenvalue weighted by Crippen LogP contribution is -2.46. The van der Waals surface area contributed by atoms with Crippen molar-refractivity contribution in [2.45, 2.75) is 37.5 Å². The molecule has 0 aliphatic carbocycles. The number of ether oxygens (including phenoxy) is 3. The molecule has 7 nitrogen and oxygen atoms in total. The SMILES string of the molecule is COCc1ccc(C2COC2)cc1-c1ccc(CC(C#N)NC(=O)C2CNCCCO2)cc1. The molecular formula is C26H31N3O4. The van der Waals surface area contributed by atoms with Crippen molar-refractivity contribution in [2.24, 2.45) is 0 Å². The average Bonchev–Trinajstić information content (AvgIpc) is 3.09. The van der Waals surface area contributed by atoms with Crippen LogP contribution in [-0.2, 0) is 32.0 Å². The van der Waals surface area contributed by atoms with Gasteiger partial charge in [-0.1, -0.05) is 42.5 Å². The minimum absolute atomic E-state index is 0.242. The van der Waals surface area contributed by atoms with Crippen LogP contribution in [0.1, 0.15) is 29.0 Å². The zero-order chi connectivity index (χ0) is 23.0. The van der Waals surface area contributed by atoms with Gasteiger partial charge in [0.1, 0.15) is 12.1 Å². The van der Waals surface area contributed by atoms with Crippen LogP contribution in [0.2, 0.25) is 0 Å². The molecule has 2 aromatic rings. The van der Waals surface area contributed by atoms with Gasteiger partial charge in [0, 0.05) is 32.6 Å². The minimum atomic E-state index is -0.610. The van der Waals surface area contributed by atoms with Gasteiger partial charge in [0.15, 0.2) is 0 Å². The van der Waals surface area contributed by atoms with Crippen molar-refractivity contribution in [1.29, 1.82) is 5.26 Å². The molecule has 7 heteroatoms. The number of nitriles is 1. The number of nitrogens with one attached hydrogen (secondary N) is 2. The van der Waals surface area contributed by atoms with Crippen molar-refractivity contribution in [3.05, 3.63) is 59.2 Å². The number of methoxy groups -OCH3 is 1. The summed E-state index contributed by atoms with van der Waals surface area (Å²) in [5, 5.41) is 15.6. The highest BCUT2D eigenvalue weighted by Crippen LogP contribution is 2.31. The highest BCUT2D eigenvalue weighted by atomic mass is 16.5. The van der Waals surface area contributed by atoms with Gasteiger partial charge < -0.3 is 24.8 Å². The van der Waals surface area contributed by atoms with Gasteiger partial charge in [-0.15, -0.1) is 0 Å². The van der Waals surface area contributed by atoms with E-state index in [-0.39, 0.29) is 5.91 Å². The molecule has 2 atom stereocenters. The number of carbonyl (C=O) groups is 1. The van der Waals surface area contributed by atoms with E-state index in [0.717, 1.165) is 48.4 Å². The molecule has 2 saturated heterocycles. The van der Waals surface area contributed by atoms with Gasteiger partial charge in [-0.25, -0.2) is 0 Å². The second-order valence-corrected chi connectivity index (χ2v) is 8.59. The number of amides is 1. The van der Waals surface area contributed by atoms with Crippen molar-refractivity contribution >= 4 is 5.91 Å². The fourth-order valence-corrected chi connectivity index (χ4v) is 4.16. The molecule has 0 spiro atoms. The number of carbonyl (C=O) groups excluding carboxylic acids is 1. The van der Waals surface area contributed by atoms with E-state index in [1.165, 1.54) is 5.56 Å². The first-order valence-electron chi connectivity index (χ1n) is 11.5. The monoisotopic (exact) mass is 449 g/mol. The van der Waals surface area contributed by atoms with Crippen molar-refractivity contribution in [3.63, 3.8) is 0 Å². The molecule has 2 fully saturated rings. The Hall–Kier alpha value is -2.76. The van der Waals surface area contributed by atoms with Crippen LogP contribution < -0.4 is 10.6 Å². The molecule has 2 aliphatic heterocycles. The molecule has 2 heterocycles. The predicted octanol–water partition coefficient (Wildman–Crippen LogP) is 2.54. The Kier molecular flexibility index (Phi) is 8.08. The first-order valence-corrected chi connectivity index (χ1v) is 11.5. The second-order valence-electron chi connectivity index (χ2n) is 8.59. The van der Waals surface area contributed by atoms with Crippen molar-refractivity contribution in [2.75, 3.05) is 40.0 Å². The maximum atomic E-state index is 12.5. The molecule has 0 aromatic heterocycles. The lowest BCUT2D eigenvalue weighted by molar-refractivity contribution is -0.132. The molecule has 4 rings (SSSR count). The summed E-state index contributed by atoms with van der Waals surface area (Å²) in [4.78, 5) is 12.5. The third kappa shape index (κ3) is 5.98. The summed E-state index contributed by atoms with van der Waals surface area (Å²) in [6.45, 7) is 3.93. The topological polar surface area (TPSA) is 92.6 Å². The van der Waals surface area contributed by atoms with Crippen LogP contribution in [0.5, 0.6) is 0 Å². The predicted molar refractivity (Wildman–Crippen MR) is 125 cm³/mol. The summed E-state index contributed by atoms with van der Waals surface area (Å²) in [6.07, 6.45) is 0.757. The summed E-state index contributed by atoms with van der Waals surface area (Å²) < 4.78 is 16.3. The van der Waals surface area contributed by atoms with Crippen LogP contribution in [0.15, 0.2) is 42.5 Å². The van der Waals surface area contributed by atoms with Crippen molar-refractivity contribution < 1.29 is 19.0 Å². The number of benzene rings is 2. The maximum absolute atomic E-state index is 12.5. The summed E-state index contributed by atoms with van der Waals surface area (Å²) in [7, 11) is 1.70. The highest BCUT2D eigenvalue weighted by Gasteiger charge is 2.24. The molecular weight excluding hydrogens is 418 g/mol. The normalized spacial score (nSPS) is 19.7. The first-order chi connectivity index (χ1) is 16.2. The van der Waals surface area contributed by atoms with Gasteiger partial charge in [0.25, 0.3) is 5.91 Å². The number of hydrogen-bond acceptors (Lipinski definition) is 6. The maximum Gasteiger partial charge on any atom is 0.251 e. The van der Waals surface area contributed by atoms with Gasteiger partial charge >= 0.3 is 0 Å². The van der Waals surface area contributed by atoms with E-state index in [1.807, 2.05) is 12.1 Å². The van der Waals surface area contributed by atoms with Gasteiger partial charge in [-0.2, -0.15) is 5.26 Å². The van der Waals surface area contributed by atoms with Gasteiger partial charge in [0.2, 0.25) is 0 Å². The minimum Gasteiger partial charge on any atom is -0.380 e. The molecule has 2 N–H and O–H groups in total. The zero-order valence-corrected chi connectivity index (χ0v) is 19.0. The molecule has 1 amide bonds. The molecule has 0 saturated carbocycles. The molecule has 2 aromatic carbocycles. The number of nitrogens with zero attached hydrogens (tertiary/aromatic N) is 1. The van der Waals surface area contributed by atoms with Crippen LogP contribution in [0, 0.1) is 11.3 Å². The highest BCUT2D eigenvalue weighted by molar-refractivity contribution is 5.81. The lowest BCUT2D eigenvalue weighted by Gasteiger charge is -2.27. The Morgan fingerprint density at radius 1 is 1.27 bits per heavy atom. The summed E-state index contributed by atoms with van der Waals surface area (Å²) in [5.74, 6) is 0.209. The van der Waals surface area contributed by atoms with Crippen LogP contribution in [0.25, 0.3) is 11.1 Å². The van der Waals surface area contributed by atoms with Gasteiger partial charge in [-0.05, 0) is 40.8 Å². The fraction of sp³-hybridized carbons (Fsp3) is 0.462. The Bertz CT molecular complexity index is 974. The average molecular weight is 450 g/mol. The van der Waals surface area contributed by atoms with E-state index in [0.29, 0.717) is 32.1 Å². The standard InChI is InChI=1S/C26H31N3O4/c1-31-15-21-8-7-20(22-16-32-17-22)12-24(21)19-5-3-18(4-6-19)11-23(13-27)29-26(30)25-14-28-9-2-10-33-25/h3-8,12,22-23,25,28H,2,9-11,14-17H2,1H3,(H,29,30). The summed E-state index contributed by atoms with van der Waals surface area (Å²) >= 11 is 0. The first kappa shape index (κ1) is 23.4. The van der Waals surface area contributed by atoms with E-state index >= 15 is 0 Å². The lowest BCUT2D eigenvalue weighted by atomic mass is 9.90. The van der Waals surface area contributed by atoms with Crippen LogP contribution in [-0.4, -0.2) is 58.1 Å². The number of rotatable bonds is 8. The van der Waals surface area contributed by atoms with Crippen LogP contribution >= 0.6 is 0 Å². The Morgan fingerprint density at radius 3 is 2.79 bits per heavy atom. The third-order valence-corrected chi connectivity index (χ3v) is 6.16. The largest absolute Gasteiger partial charge is 0.380 e. The van der Waals surface area contributed by atoms with E-state index in [4.69, 9.17) is 14.2 Å². The van der Waals surface area contributed by atoms with E-state index in [1.54, 1.807) is 7.11 Å². The van der Waals surface area contributed by atoms with Gasteiger partial charge in [-0.3, -0.25) is 4.79 Å². The van der Waals surface area contributed by atoms with Crippen molar-refractivity contribution in [3.8, 4) is 17.2 Å². The van der Waals surface area contributed by atoms with Gasteiger partial charge in [0.05, 0.1) is 25.9 Å². The summed E-state index contributed by atoms with van der Waals surface area (Å²) in [6, 6.07) is 16.3. The van der Waals surface area contributed by atoms with Crippen LogP contribution in [0.3, 0.4) is 0 Å². The quantitative estimate of drug-likeness (QED) is 0.644. The Balaban J connectivity index is 1.44. The summed E-state index contributed by atoms with van der Waals surface area (Å²) in [5.41, 5.74) is 5.65. The van der Waals surface area contributed by atoms with Crippen molar-refractivity contribution in [1.82, 2.24) is 10.6 Å². The fourth-order valence-electron chi connectivity index (χ4n) is 4.16. The molecule has 0 bridgehead atoms. The molecule has 174 valence electrons. The van der Waals surface area contributed by atoms with E-state index in [9.17, 15) is 10.1 Å². The molecule has 33 heavy (non-hydrogen) atoms. The Labute approximate surface area is 195 Å². The van der Waals surface area contributed by atoms with E-state index in [2.05, 4.69) is 47.0 Å². The smallest absolute Gasteiger partial charge is 0.251 e. The third-order valence-electron chi connectivity index (χ3n) is 6.16. The van der Waals surface area contributed by atoms with E-state index < -0.39 is 12.1 Å². The van der Waals surface area contributed by atoms with Crippen LogP contribution in [0.4, 0.5) is 0 Å². The zero-order valence-electron chi connectivity index (χ0n) is 19.0. The molecule has 0 radical (unpaired) electrons. The Morgan fingerprint density at radius 2 is 2.09 bits per heavy atom. The number of hydrogen-bond donors (Lipinski definition) is 2. The second kappa shape index (κ2) is 11.4. The molecule has 2 aliphatic rings. The molecule has 2 unspecified atom stereocenters.